The lowest BCUT2D eigenvalue weighted by molar-refractivity contribution is -0.131. The number of benzene rings is 1. The van der Waals surface area contributed by atoms with E-state index >= 15 is 0 Å². The van der Waals surface area contributed by atoms with E-state index in [2.05, 4.69) is 19.1 Å². The Bertz CT molecular complexity index is 550. The topological polar surface area (TPSA) is 53.2 Å². The maximum absolute atomic E-state index is 11.3. The van der Waals surface area contributed by atoms with Crippen molar-refractivity contribution in [3.05, 3.63) is 35.4 Å². The van der Waals surface area contributed by atoms with Crippen LogP contribution in [0.5, 0.6) is 0 Å². The number of aryl methyl sites for hydroxylation is 1. The number of fused-ring (bicyclic) bond motifs is 1. The van der Waals surface area contributed by atoms with Crippen LogP contribution in [0.3, 0.4) is 0 Å². The van der Waals surface area contributed by atoms with Crippen molar-refractivity contribution in [3.63, 3.8) is 0 Å². The van der Waals surface area contributed by atoms with Crippen LogP contribution in [0.2, 0.25) is 0 Å². The van der Waals surface area contributed by atoms with E-state index in [1.54, 1.807) is 0 Å². The molecule has 1 saturated heterocycles. The summed E-state index contributed by atoms with van der Waals surface area (Å²) in [4.78, 5) is 0. The molecule has 1 N–H and O–H groups in total. The Labute approximate surface area is 120 Å². The highest BCUT2D eigenvalue weighted by Gasteiger charge is 2.56. The van der Waals surface area contributed by atoms with Gasteiger partial charge in [-0.3, -0.25) is 0 Å². The predicted molar refractivity (Wildman–Crippen MR) is 76.3 cm³/mol. The number of nitrogens with zero attached hydrogens (tertiary/aromatic N) is 1. The third-order valence-electron chi connectivity index (χ3n) is 5.12. The van der Waals surface area contributed by atoms with Crippen molar-refractivity contribution in [2.75, 3.05) is 6.61 Å². The van der Waals surface area contributed by atoms with Gasteiger partial charge in [0.15, 0.2) is 0 Å². The molecule has 1 heterocycles. The first kappa shape index (κ1) is 13.6. The van der Waals surface area contributed by atoms with Gasteiger partial charge in [-0.05, 0) is 30.4 Å². The molecule has 106 valence electrons. The molecule has 0 radical (unpaired) electrons. The fraction of sp³-hybridized carbons (Fsp3) is 0.588. The first-order valence-corrected chi connectivity index (χ1v) is 7.49. The zero-order valence-corrected chi connectivity index (χ0v) is 11.9. The van der Waals surface area contributed by atoms with E-state index in [-0.39, 0.29) is 6.10 Å². The summed E-state index contributed by atoms with van der Waals surface area (Å²) in [6.07, 6.45) is 3.65. The van der Waals surface area contributed by atoms with E-state index in [0.717, 1.165) is 24.8 Å². The molecule has 0 aromatic heterocycles. The highest BCUT2D eigenvalue weighted by atomic mass is 16.5. The average molecular weight is 271 g/mol. The highest BCUT2D eigenvalue weighted by Crippen LogP contribution is 2.50. The second-order valence-electron chi connectivity index (χ2n) is 6.06. The van der Waals surface area contributed by atoms with Crippen LogP contribution in [0, 0.1) is 11.3 Å². The van der Waals surface area contributed by atoms with Crippen molar-refractivity contribution in [1.82, 2.24) is 0 Å². The van der Waals surface area contributed by atoms with E-state index in [1.807, 2.05) is 18.2 Å². The molecule has 1 aromatic carbocycles. The molecule has 3 rings (SSSR count). The van der Waals surface area contributed by atoms with Crippen LogP contribution in [0.1, 0.15) is 43.7 Å². The lowest BCUT2D eigenvalue weighted by Gasteiger charge is -2.45. The molecule has 0 amide bonds. The molecular weight excluding hydrogens is 250 g/mol. The SMILES string of the molecule is CCC1CC(O)(C2(C#N)CCc3ccccc32)CCO1. The summed E-state index contributed by atoms with van der Waals surface area (Å²) >= 11 is 0. The van der Waals surface area contributed by atoms with E-state index in [9.17, 15) is 10.4 Å². The van der Waals surface area contributed by atoms with E-state index < -0.39 is 11.0 Å². The summed E-state index contributed by atoms with van der Waals surface area (Å²) in [6, 6.07) is 10.6. The van der Waals surface area contributed by atoms with Crippen LogP contribution in [0.25, 0.3) is 0 Å². The van der Waals surface area contributed by atoms with Gasteiger partial charge in [0.2, 0.25) is 0 Å². The Morgan fingerprint density at radius 1 is 1.40 bits per heavy atom. The molecule has 1 fully saturated rings. The molecule has 1 aliphatic carbocycles. The Hall–Kier alpha value is -1.37. The number of hydrogen-bond acceptors (Lipinski definition) is 3. The second-order valence-corrected chi connectivity index (χ2v) is 6.06. The van der Waals surface area contributed by atoms with Gasteiger partial charge in [0.1, 0.15) is 5.41 Å². The smallest absolute Gasteiger partial charge is 0.112 e. The first-order valence-electron chi connectivity index (χ1n) is 7.49. The minimum absolute atomic E-state index is 0.0618. The molecular formula is C17H21NO2. The predicted octanol–water partition coefficient (Wildman–Crippen LogP) is 2.71. The molecule has 3 atom stereocenters. The first-order chi connectivity index (χ1) is 9.65. The summed E-state index contributed by atoms with van der Waals surface area (Å²) < 4.78 is 5.69. The third-order valence-corrected chi connectivity index (χ3v) is 5.12. The van der Waals surface area contributed by atoms with Gasteiger partial charge in [0, 0.05) is 19.4 Å². The van der Waals surface area contributed by atoms with Crippen molar-refractivity contribution < 1.29 is 9.84 Å². The molecule has 0 bridgehead atoms. The lowest BCUT2D eigenvalue weighted by atomic mass is 9.64. The Morgan fingerprint density at radius 2 is 2.20 bits per heavy atom. The van der Waals surface area contributed by atoms with Gasteiger partial charge in [-0.25, -0.2) is 0 Å². The fourth-order valence-electron chi connectivity index (χ4n) is 3.90. The van der Waals surface area contributed by atoms with Crippen molar-refractivity contribution in [2.24, 2.45) is 0 Å². The van der Waals surface area contributed by atoms with Crippen LogP contribution >= 0.6 is 0 Å². The molecule has 3 nitrogen and oxygen atoms in total. The second kappa shape index (κ2) is 4.87. The molecule has 2 aliphatic rings. The largest absolute Gasteiger partial charge is 0.388 e. The van der Waals surface area contributed by atoms with Gasteiger partial charge in [0.05, 0.1) is 17.8 Å². The average Bonchev–Trinajstić information content (AvgIpc) is 2.88. The van der Waals surface area contributed by atoms with E-state index in [0.29, 0.717) is 19.4 Å². The Morgan fingerprint density at radius 3 is 2.95 bits per heavy atom. The monoisotopic (exact) mass is 271 g/mol. The van der Waals surface area contributed by atoms with Crippen LogP contribution in [0.15, 0.2) is 24.3 Å². The molecule has 20 heavy (non-hydrogen) atoms. The van der Waals surface area contributed by atoms with Crippen molar-refractivity contribution in [1.29, 1.82) is 5.26 Å². The zero-order valence-electron chi connectivity index (χ0n) is 11.9. The zero-order chi connectivity index (χ0) is 14.2. The number of hydrogen-bond donors (Lipinski definition) is 1. The summed E-state index contributed by atoms with van der Waals surface area (Å²) in [6.45, 7) is 2.61. The van der Waals surface area contributed by atoms with E-state index in [4.69, 9.17) is 4.74 Å². The normalized spacial score (nSPS) is 36.4. The van der Waals surface area contributed by atoms with Crippen molar-refractivity contribution in [3.8, 4) is 6.07 Å². The van der Waals surface area contributed by atoms with Crippen molar-refractivity contribution in [2.45, 2.75) is 56.1 Å². The lowest BCUT2D eigenvalue weighted by Crippen LogP contribution is -2.55. The minimum Gasteiger partial charge on any atom is -0.388 e. The van der Waals surface area contributed by atoms with Gasteiger partial charge in [-0.2, -0.15) is 5.26 Å². The maximum atomic E-state index is 11.3. The minimum atomic E-state index is -0.965. The van der Waals surface area contributed by atoms with Gasteiger partial charge in [-0.1, -0.05) is 31.2 Å². The molecule has 1 aromatic rings. The quantitative estimate of drug-likeness (QED) is 0.899. The van der Waals surface area contributed by atoms with Crippen LogP contribution in [0.4, 0.5) is 0 Å². The summed E-state index contributed by atoms with van der Waals surface area (Å²) in [5.41, 5.74) is 0.511. The standard InChI is InChI=1S/C17H21NO2/c1-2-14-11-17(19,9-10-20-14)16(12-18)8-7-13-5-3-4-6-15(13)16/h3-6,14,19H,2,7-11H2,1H3. The number of nitriles is 1. The molecule has 1 aliphatic heterocycles. The molecule has 0 saturated carbocycles. The van der Waals surface area contributed by atoms with E-state index in [1.165, 1.54) is 5.56 Å². The number of aliphatic hydroxyl groups is 1. The third kappa shape index (κ3) is 1.79. The maximum Gasteiger partial charge on any atom is 0.112 e. The van der Waals surface area contributed by atoms with Crippen LogP contribution < -0.4 is 0 Å². The van der Waals surface area contributed by atoms with Crippen LogP contribution in [-0.2, 0) is 16.6 Å². The number of rotatable bonds is 2. The van der Waals surface area contributed by atoms with Gasteiger partial charge in [0.25, 0.3) is 0 Å². The fourth-order valence-corrected chi connectivity index (χ4v) is 3.90. The van der Waals surface area contributed by atoms with Gasteiger partial charge < -0.3 is 9.84 Å². The van der Waals surface area contributed by atoms with Crippen LogP contribution in [-0.4, -0.2) is 23.4 Å². The number of ether oxygens (including phenoxy) is 1. The molecule has 3 unspecified atom stereocenters. The summed E-state index contributed by atoms with van der Waals surface area (Å²) in [7, 11) is 0. The summed E-state index contributed by atoms with van der Waals surface area (Å²) in [5, 5.41) is 21.2. The van der Waals surface area contributed by atoms with Gasteiger partial charge >= 0.3 is 0 Å². The summed E-state index contributed by atoms with van der Waals surface area (Å²) in [5.74, 6) is 0. The van der Waals surface area contributed by atoms with Crippen molar-refractivity contribution >= 4 is 0 Å². The Kier molecular flexibility index (Phi) is 3.32. The highest BCUT2D eigenvalue weighted by molar-refractivity contribution is 5.47. The molecule has 0 spiro atoms. The Balaban J connectivity index is 2.04. The molecule has 3 heteroatoms. The van der Waals surface area contributed by atoms with Gasteiger partial charge in [-0.15, -0.1) is 0 Å².